The molecule has 1 aromatic carbocycles. The second-order valence-electron chi connectivity index (χ2n) is 5.56. The highest BCUT2D eigenvalue weighted by Gasteiger charge is 2.21. The summed E-state index contributed by atoms with van der Waals surface area (Å²) >= 11 is 5.98. The standard InChI is InChI=1S/C15H21ClFN3O.ClH/c1-19(9-12-13(16)3-2-4-14(12)17)15(21)10-20-7-5-11(18)6-8-20;/h2-4,11H,5-10,18H2,1H3;1H. The summed E-state index contributed by atoms with van der Waals surface area (Å²) in [6.45, 7) is 2.19. The van der Waals surface area contributed by atoms with Crippen molar-refractivity contribution in [2.24, 2.45) is 5.73 Å². The molecule has 1 aromatic rings. The molecule has 2 rings (SSSR count). The van der Waals surface area contributed by atoms with Gasteiger partial charge in [0.05, 0.1) is 6.54 Å². The number of benzene rings is 1. The second kappa shape index (κ2) is 8.67. The van der Waals surface area contributed by atoms with Gasteiger partial charge in [0, 0.05) is 43.3 Å². The van der Waals surface area contributed by atoms with E-state index >= 15 is 0 Å². The van der Waals surface area contributed by atoms with E-state index in [0.717, 1.165) is 25.9 Å². The molecule has 0 bridgehead atoms. The zero-order chi connectivity index (χ0) is 15.4. The molecule has 0 unspecified atom stereocenters. The number of hydrogen-bond donors (Lipinski definition) is 1. The SMILES string of the molecule is CN(Cc1c(F)cccc1Cl)C(=O)CN1CCC(N)CC1.Cl. The molecule has 1 heterocycles. The van der Waals surface area contributed by atoms with Gasteiger partial charge in [-0.1, -0.05) is 17.7 Å². The van der Waals surface area contributed by atoms with Crippen molar-refractivity contribution in [3.8, 4) is 0 Å². The Morgan fingerprint density at radius 3 is 2.68 bits per heavy atom. The molecule has 0 aliphatic carbocycles. The minimum absolute atomic E-state index is 0. The minimum atomic E-state index is -0.383. The minimum Gasteiger partial charge on any atom is -0.340 e. The third-order valence-corrected chi connectivity index (χ3v) is 4.23. The van der Waals surface area contributed by atoms with Crippen LogP contribution >= 0.6 is 24.0 Å². The van der Waals surface area contributed by atoms with E-state index in [1.54, 1.807) is 19.2 Å². The van der Waals surface area contributed by atoms with E-state index < -0.39 is 0 Å². The van der Waals surface area contributed by atoms with E-state index in [1.165, 1.54) is 11.0 Å². The first-order valence-electron chi connectivity index (χ1n) is 7.12. The van der Waals surface area contributed by atoms with Crippen LogP contribution in [0.5, 0.6) is 0 Å². The predicted molar refractivity (Wildman–Crippen MR) is 88.8 cm³/mol. The van der Waals surface area contributed by atoms with Crippen molar-refractivity contribution in [2.45, 2.75) is 25.4 Å². The lowest BCUT2D eigenvalue weighted by Crippen LogP contribution is -2.44. The summed E-state index contributed by atoms with van der Waals surface area (Å²) < 4.78 is 13.7. The third-order valence-electron chi connectivity index (χ3n) is 3.87. The number of amides is 1. The fourth-order valence-corrected chi connectivity index (χ4v) is 2.65. The summed E-state index contributed by atoms with van der Waals surface area (Å²) in [5, 5.41) is 0.346. The molecule has 1 fully saturated rings. The predicted octanol–water partition coefficient (Wildman–Crippen LogP) is 2.28. The van der Waals surface area contributed by atoms with E-state index in [-0.39, 0.29) is 36.7 Å². The van der Waals surface area contributed by atoms with E-state index in [0.29, 0.717) is 17.1 Å². The lowest BCUT2D eigenvalue weighted by atomic mass is 10.1. The van der Waals surface area contributed by atoms with E-state index in [1.807, 2.05) is 0 Å². The summed E-state index contributed by atoms with van der Waals surface area (Å²) in [5.41, 5.74) is 6.20. The van der Waals surface area contributed by atoms with Crippen LogP contribution in [0.1, 0.15) is 18.4 Å². The quantitative estimate of drug-likeness (QED) is 0.907. The molecule has 1 aliphatic heterocycles. The number of nitrogens with zero attached hydrogens (tertiary/aromatic N) is 2. The summed E-state index contributed by atoms with van der Waals surface area (Å²) in [4.78, 5) is 15.8. The van der Waals surface area contributed by atoms with Crippen LogP contribution in [0.3, 0.4) is 0 Å². The molecule has 1 saturated heterocycles. The maximum Gasteiger partial charge on any atom is 0.236 e. The zero-order valence-electron chi connectivity index (χ0n) is 12.6. The number of halogens is 3. The Balaban J connectivity index is 0.00000242. The smallest absolute Gasteiger partial charge is 0.236 e. The molecule has 4 nitrogen and oxygen atoms in total. The van der Waals surface area contributed by atoms with Gasteiger partial charge in [-0.2, -0.15) is 0 Å². The molecule has 0 aromatic heterocycles. The van der Waals surface area contributed by atoms with E-state index in [2.05, 4.69) is 4.90 Å². The molecule has 0 saturated carbocycles. The van der Waals surface area contributed by atoms with E-state index in [9.17, 15) is 9.18 Å². The number of hydrogen-bond acceptors (Lipinski definition) is 3. The number of likely N-dealkylation sites (tertiary alicyclic amines) is 1. The van der Waals surface area contributed by atoms with Crippen molar-refractivity contribution < 1.29 is 9.18 Å². The molecule has 124 valence electrons. The molecule has 1 aliphatic rings. The Bertz CT molecular complexity index is 487. The summed E-state index contributed by atoms with van der Waals surface area (Å²) in [7, 11) is 1.67. The first-order chi connectivity index (χ1) is 9.97. The lowest BCUT2D eigenvalue weighted by molar-refractivity contribution is -0.131. The van der Waals surface area contributed by atoms with Gasteiger partial charge in [-0.25, -0.2) is 4.39 Å². The fourth-order valence-electron chi connectivity index (χ4n) is 2.43. The highest BCUT2D eigenvalue weighted by atomic mass is 35.5. The van der Waals surface area contributed by atoms with E-state index in [4.69, 9.17) is 17.3 Å². The molecular weight excluding hydrogens is 328 g/mol. The highest BCUT2D eigenvalue weighted by molar-refractivity contribution is 6.31. The zero-order valence-corrected chi connectivity index (χ0v) is 14.2. The van der Waals surface area contributed by atoms with Crippen LogP contribution in [0.4, 0.5) is 4.39 Å². The first-order valence-corrected chi connectivity index (χ1v) is 7.50. The van der Waals surface area contributed by atoms with Gasteiger partial charge >= 0.3 is 0 Å². The number of carbonyl (C=O) groups is 1. The average Bonchev–Trinajstić information content (AvgIpc) is 2.45. The van der Waals surface area contributed by atoms with Gasteiger partial charge in [0.2, 0.25) is 5.91 Å². The van der Waals surface area contributed by atoms with Crippen molar-refractivity contribution in [3.05, 3.63) is 34.6 Å². The first kappa shape index (κ1) is 19.2. The van der Waals surface area contributed by atoms with Crippen molar-refractivity contribution in [1.82, 2.24) is 9.80 Å². The van der Waals surface area contributed by atoms with Gasteiger partial charge in [-0.3, -0.25) is 9.69 Å². The Morgan fingerprint density at radius 1 is 1.45 bits per heavy atom. The second-order valence-corrected chi connectivity index (χ2v) is 5.97. The maximum atomic E-state index is 13.7. The van der Waals surface area contributed by atoms with Crippen LogP contribution < -0.4 is 5.73 Å². The van der Waals surface area contributed by atoms with Crippen LogP contribution in [-0.2, 0) is 11.3 Å². The molecule has 22 heavy (non-hydrogen) atoms. The van der Waals surface area contributed by atoms with Gasteiger partial charge in [0.25, 0.3) is 0 Å². The maximum absolute atomic E-state index is 13.7. The molecular formula is C15H22Cl2FN3O. The Morgan fingerprint density at radius 2 is 2.09 bits per heavy atom. The Kier molecular flexibility index (Phi) is 7.56. The van der Waals surface area contributed by atoms with Crippen LogP contribution in [0, 0.1) is 5.82 Å². The normalized spacial score (nSPS) is 16.2. The summed E-state index contributed by atoms with van der Waals surface area (Å²) in [5.74, 6) is -0.420. The topological polar surface area (TPSA) is 49.6 Å². The van der Waals surface area contributed by atoms with Gasteiger partial charge < -0.3 is 10.6 Å². The monoisotopic (exact) mass is 349 g/mol. The van der Waals surface area contributed by atoms with Gasteiger partial charge in [-0.05, 0) is 25.0 Å². The average molecular weight is 350 g/mol. The van der Waals surface area contributed by atoms with Crippen molar-refractivity contribution in [2.75, 3.05) is 26.7 Å². The third kappa shape index (κ3) is 5.09. The Hall–Kier alpha value is -0.880. The fraction of sp³-hybridized carbons (Fsp3) is 0.533. The van der Waals surface area contributed by atoms with Gasteiger partial charge in [0.15, 0.2) is 0 Å². The number of piperidine rings is 1. The largest absolute Gasteiger partial charge is 0.340 e. The lowest BCUT2D eigenvalue weighted by Gasteiger charge is -2.30. The van der Waals surface area contributed by atoms with Crippen molar-refractivity contribution in [1.29, 1.82) is 0 Å². The Labute approximate surface area is 141 Å². The number of likely N-dealkylation sites (N-methyl/N-ethyl adjacent to an activating group) is 1. The number of nitrogens with two attached hydrogens (primary N) is 1. The van der Waals surface area contributed by atoms with Crippen molar-refractivity contribution in [3.63, 3.8) is 0 Å². The van der Waals surface area contributed by atoms with Crippen LogP contribution in [0.2, 0.25) is 5.02 Å². The molecule has 0 atom stereocenters. The van der Waals surface area contributed by atoms with Crippen LogP contribution in [0.15, 0.2) is 18.2 Å². The summed E-state index contributed by atoms with van der Waals surface area (Å²) in [6.07, 6.45) is 1.83. The molecule has 1 amide bonds. The summed E-state index contributed by atoms with van der Waals surface area (Å²) in [6, 6.07) is 4.78. The van der Waals surface area contributed by atoms with Crippen molar-refractivity contribution >= 4 is 29.9 Å². The van der Waals surface area contributed by atoms with Crippen LogP contribution in [-0.4, -0.2) is 48.4 Å². The highest BCUT2D eigenvalue weighted by Crippen LogP contribution is 2.20. The van der Waals surface area contributed by atoms with Gasteiger partial charge in [-0.15, -0.1) is 12.4 Å². The number of rotatable bonds is 4. The van der Waals surface area contributed by atoms with Crippen LogP contribution in [0.25, 0.3) is 0 Å². The molecule has 0 spiro atoms. The van der Waals surface area contributed by atoms with Gasteiger partial charge in [0.1, 0.15) is 5.82 Å². The molecule has 7 heteroatoms. The number of carbonyl (C=O) groups excluding carboxylic acids is 1. The molecule has 0 radical (unpaired) electrons. The molecule has 2 N–H and O–H groups in total.